The highest BCUT2D eigenvalue weighted by Crippen LogP contribution is 2.31. The Labute approximate surface area is 174 Å². The highest BCUT2D eigenvalue weighted by molar-refractivity contribution is 7.20. The van der Waals surface area contributed by atoms with Crippen LogP contribution in [0.25, 0.3) is 15.3 Å². The lowest BCUT2D eigenvalue weighted by Crippen LogP contribution is -2.15. The van der Waals surface area contributed by atoms with E-state index in [1.165, 1.54) is 5.56 Å². The lowest BCUT2D eigenvalue weighted by molar-refractivity contribution is 0.102. The van der Waals surface area contributed by atoms with E-state index in [1.54, 1.807) is 16.0 Å². The zero-order valence-corrected chi connectivity index (χ0v) is 18.1. The highest BCUT2D eigenvalue weighted by atomic mass is 32.1. The van der Waals surface area contributed by atoms with Gasteiger partial charge in [-0.05, 0) is 49.1 Å². The number of anilines is 1. The molecule has 4 rings (SSSR count). The summed E-state index contributed by atoms with van der Waals surface area (Å²) in [6.45, 7) is 10.5. The van der Waals surface area contributed by atoms with Gasteiger partial charge in [0.15, 0.2) is 0 Å². The van der Waals surface area contributed by atoms with Crippen molar-refractivity contribution in [1.29, 1.82) is 0 Å². The fourth-order valence-electron chi connectivity index (χ4n) is 3.10. The van der Waals surface area contributed by atoms with E-state index in [0.29, 0.717) is 11.4 Å². The molecule has 0 aliphatic carbocycles. The minimum Gasteiger partial charge on any atom is -0.306 e. The van der Waals surface area contributed by atoms with Gasteiger partial charge in [-0.2, -0.15) is 9.78 Å². The van der Waals surface area contributed by atoms with Gasteiger partial charge in [0.2, 0.25) is 5.13 Å². The van der Waals surface area contributed by atoms with Crippen LogP contribution in [0, 0.1) is 13.8 Å². The number of rotatable bonds is 3. The van der Waals surface area contributed by atoms with Gasteiger partial charge in [-0.1, -0.05) is 55.9 Å². The molecule has 0 aliphatic heterocycles. The molecule has 0 spiro atoms. The number of carbonyl (C=O) groups is 1. The minimum atomic E-state index is -0.165. The summed E-state index contributed by atoms with van der Waals surface area (Å²) >= 11 is 1.57. The number of nitrogens with one attached hydrogen (secondary N) is 1. The molecular formula is C23H24N4OS. The standard InChI is InChI=1S/C23H24N4OS/c1-14-6-8-16(9-7-14)21(28)25-20-12-15(2)26-27(20)22-24-18-11-10-17(23(3,4)5)13-19(18)29-22/h6-13H,1-5H3,(H,25,28). The molecule has 29 heavy (non-hydrogen) atoms. The molecule has 1 N–H and O–H groups in total. The van der Waals surface area contributed by atoms with Crippen molar-refractivity contribution in [3.8, 4) is 5.13 Å². The summed E-state index contributed by atoms with van der Waals surface area (Å²) in [7, 11) is 0. The van der Waals surface area contributed by atoms with Crippen LogP contribution >= 0.6 is 11.3 Å². The first-order valence-corrected chi connectivity index (χ1v) is 10.4. The lowest BCUT2D eigenvalue weighted by Gasteiger charge is -2.18. The number of benzene rings is 2. The Morgan fingerprint density at radius 2 is 1.76 bits per heavy atom. The largest absolute Gasteiger partial charge is 0.306 e. The van der Waals surface area contributed by atoms with E-state index >= 15 is 0 Å². The van der Waals surface area contributed by atoms with Crippen molar-refractivity contribution in [2.45, 2.75) is 40.0 Å². The van der Waals surface area contributed by atoms with Gasteiger partial charge in [0.05, 0.1) is 15.9 Å². The first kappa shape index (κ1) is 19.3. The molecule has 0 bridgehead atoms. The zero-order valence-electron chi connectivity index (χ0n) is 17.3. The second kappa shape index (κ2) is 7.12. The highest BCUT2D eigenvalue weighted by Gasteiger charge is 2.18. The second-order valence-electron chi connectivity index (χ2n) is 8.33. The molecule has 5 nitrogen and oxygen atoms in total. The smallest absolute Gasteiger partial charge is 0.256 e. The van der Waals surface area contributed by atoms with E-state index < -0.39 is 0 Å². The van der Waals surface area contributed by atoms with E-state index in [9.17, 15) is 4.79 Å². The minimum absolute atomic E-state index is 0.0772. The molecule has 2 heterocycles. The van der Waals surface area contributed by atoms with Crippen LogP contribution in [0.15, 0.2) is 48.5 Å². The number of thiazole rings is 1. The predicted octanol–water partition coefficient (Wildman–Crippen LogP) is 5.65. The van der Waals surface area contributed by atoms with E-state index in [2.05, 4.69) is 49.4 Å². The molecule has 0 saturated heterocycles. The van der Waals surface area contributed by atoms with Gasteiger partial charge in [-0.25, -0.2) is 4.98 Å². The fourth-order valence-corrected chi connectivity index (χ4v) is 4.07. The Kier molecular flexibility index (Phi) is 4.74. The third-order valence-electron chi connectivity index (χ3n) is 4.81. The Bertz CT molecular complexity index is 1200. The van der Waals surface area contributed by atoms with Gasteiger partial charge >= 0.3 is 0 Å². The molecule has 148 valence electrons. The normalized spacial score (nSPS) is 11.8. The van der Waals surface area contributed by atoms with Crippen LogP contribution in [-0.4, -0.2) is 20.7 Å². The molecule has 2 aromatic heterocycles. The van der Waals surface area contributed by atoms with Crippen LogP contribution in [0.2, 0.25) is 0 Å². The Hall–Kier alpha value is -2.99. The maximum atomic E-state index is 12.7. The Balaban J connectivity index is 1.69. The summed E-state index contributed by atoms with van der Waals surface area (Å²) in [5.74, 6) is 0.449. The van der Waals surface area contributed by atoms with Gasteiger partial charge in [-0.15, -0.1) is 0 Å². The molecule has 4 aromatic rings. The summed E-state index contributed by atoms with van der Waals surface area (Å²) in [5, 5.41) is 8.27. The third kappa shape index (κ3) is 3.93. The number of aromatic nitrogens is 3. The maximum absolute atomic E-state index is 12.7. The molecule has 0 fully saturated rings. The molecule has 1 amide bonds. The van der Waals surface area contributed by atoms with E-state index in [0.717, 1.165) is 26.6 Å². The van der Waals surface area contributed by atoms with Crippen molar-refractivity contribution in [1.82, 2.24) is 14.8 Å². The SMILES string of the molecule is Cc1ccc(C(=O)Nc2cc(C)nn2-c2nc3ccc(C(C)(C)C)cc3s2)cc1. The monoisotopic (exact) mass is 404 g/mol. The van der Waals surface area contributed by atoms with Crippen molar-refractivity contribution in [2.75, 3.05) is 5.32 Å². The molecular weight excluding hydrogens is 380 g/mol. The Morgan fingerprint density at radius 3 is 2.45 bits per heavy atom. The molecule has 0 radical (unpaired) electrons. The third-order valence-corrected chi connectivity index (χ3v) is 5.80. The zero-order chi connectivity index (χ0) is 20.8. The van der Waals surface area contributed by atoms with E-state index in [-0.39, 0.29) is 11.3 Å². The van der Waals surface area contributed by atoms with Crippen LogP contribution in [0.4, 0.5) is 5.82 Å². The summed E-state index contributed by atoms with van der Waals surface area (Å²) in [6, 6.07) is 15.7. The molecule has 0 unspecified atom stereocenters. The van der Waals surface area contributed by atoms with Crippen molar-refractivity contribution < 1.29 is 4.79 Å². The maximum Gasteiger partial charge on any atom is 0.256 e. The summed E-state index contributed by atoms with van der Waals surface area (Å²) in [5.41, 5.74) is 4.82. The van der Waals surface area contributed by atoms with Gasteiger partial charge in [0, 0.05) is 11.6 Å². The number of hydrogen-bond acceptors (Lipinski definition) is 4. The summed E-state index contributed by atoms with van der Waals surface area (Å²) in [4.78, 5) is 17.4. The number of nitrogens with zero attached hydrogens (tertiary/aromatic N) is 3. The average molecular weight is 405 g/mol. The molecule has 0 saturated carbocycles. The fraction of sp³-hybridized carbons (Fsp3) is 0.261. The number of hydrogen-bond donors (Lipinski definition) is 1. The first-order valence-electron chi connectivity index (χ1n) is 9.57. The topological polar surface area (TPSA) is 59.8 Å². The van der Waals surface area contributed by atoms with Gasteiger partial charge in [-0.3, -0.25) is 4.79 Å². The number of aryl methyl sites for hydroxylation is 2. The van der Waals surface area contributed by atoms with Crippen molar-refractivity contribution in [2.24, 2.45) is 0 Å². The lowest BCUT2D eigenvalue weighted by atomic mass is 9.87. The van der Waals surface area contributed by atoms with Gasteiger partial charge in [0.1, 0.15) is 5.82 Å². The van der Waals surface area contributed by atoms with Crippen molar-refractivity contribution in [3.05, 3.63) is 70.9 Å². The number of amides is 1. The van der Waals surface area contributed by atoms with Crippen LogP contribution < -0.4 is 5.32 Å². The van der Waals surface area contributed by atoms with Crippen molar-refractivity contribution in [3.63, 3.8) is 0 Å². The van der Waals surface area contributed by atoms with Gasteiger partial charge in [0.25, 0.3) is 5.91 Å². The molecule has 0 atom stereocenters. The quantitative estimate of drug-likeness (QED) is 0.480. The van der Waals surface area contributed by atoms with Crippen LogP contribution in [0.3, 0.4) is 0 Å². The first-order chi connectivity index (χ1) is 13.7. The van der Waals surface area contributed by atoms with E-state index in [1.807, 2.05) is 44.2 Å². The summed E-state index contributed by atoms with van der Waals surface area (Å²) in [6.07, 6.45) is 0. The predicted molar refractivity (Wildman–Crippen MR) is 119 cm³/mol. The number of carbonyl (C=O) groups excluding carboxylic acids is 1. The Morgan fingerprint density at radius 1 is 1.03 bits per heavy atom. The van der Waals surface area contributed by atoms with Crippen LogP contribution in [0.1, 0.15) is 48.0 Å². The summed E-state index contributed by atoms with van der Waals surface area (Å²) < 4.78 is 2.82. The van der Waals surface area contributed by atoms with Gasteiger partial charge < -0.3 is 5.32 Å². The molecule has 0 aliphatic rings. The number of fused-ring (bicyclic) bond motifs is 1. The van der Waals surface area contributed by atoms with Crippen LogP contribution in [0.5, 0.6) is 0 Å². The molecule has 6 heteroatoms. The van der Waals surface area contributed by atoms with E-state index in [4.69, 9.17) is 4.98 Å². The molecule has 2 aromatic carbocycles. The average Bonchev–Trinajstić information content (AvgIpc) is 3.23. The second-order valence-corrected chi connectivity index (χ2v) is 9.34. The van der Waals surface area contributed by atoms with Crippen LogP contribution in [-0.2, 0) is 5.41 Å². The van der Waals surface area contributed by atoms with Crippen molar-refractivity contribution >= 4 is 33.3 Å².